The summed E-state index contributed by atoms with van der Waals surface area (Å²) in [6, 6.07) is 11.9. The van der Waals surface area contributed by atoms with E-state index in [-0.39, 0.29) is 12.2 Å². The maximum atomic E-state index is 12.3. The maximum Gasteiger partial charge on any atom is 0.349 e. The monoisotopic (exact) mass is 339 g/mol. The van der Waals surface area contributed by atoms with E-state index >= 15 is 0 Å². The largest absolute Gasteiger partial charge is 0.422 e. The molecule has 0 saturated heterocycles. The number of anilines is 2. The standard InChI is InChI=1S/C18H17N3O4/c22-9-3-8-19-16-7-6-13(11-20-16)21-17(23)14-10-12-4-1-2-5-15(12)25-18(14)24/h1-2,4-7,10-11,22H,3,8-9H2,(H,19,20)(H,21,23). The minimum absolute atomic E-state index is 0.0659. The van der Waals surface area contributed by atoms with E-state index in [4.69, 9.17) is 9.52 Å². The molecule has 0 atom stereocenters. The number of aliphatic hydroxyl groups excluding tert-OH is 1. The minimum atomic E-state index is -0.688. The van der Waals surface area contributed by atoms with E-state index in [1.165, 1.54) is 12.3 Å². The number of carbonyl (C=O) groups excluding carboxylic acids is 1. The zero-order valence-corrected chi connectivity index (χ0v) is 13.4. The Morgan fingerprint density at radius 3 is 2.80 bits per heavy atom. The lowest BCUT2D eigenvalue weighted by Gasteiger charge is -2.07. The first-order valence-electron chi connectivity index (χ1n) is 7.82. The number of carbonyl (C=O) groups is 1. The van der Waals surface area contributed by atoms with Crippen molar-refractivity contribution in [2.24, 2.45) is 0 Å². The molecule has 128 valence electrons. The van der Waals surface area contributed by atoms with Crippen molar-refractivity contribution in [1.82, 2.24) is 4.98 Å². The van der Waals surface area contributed by atoms with E-state index < -0.39 is 11.5 Å². The fourth-order valence-electron chi connectivity index (χ4n) is 2.29. The van der Waals surface area contributed by atoms with Crippen molar-refractivity contribution in [2.75, 3.05) is 23.8 Å². The van der Waals surface area contributed by atoms with Gasteiger partial charge in [-0.3, -0.25) is 4.79 Å². The van der Waals surface area contributed by atoms with E-state index in [9.17, 15) is 9.59 Å². The zero-order valence-electron chi connectivity index (χ0n) is 13.4. The van der Waals surface area contributed by atoms with Crippen LogP contribution in [0.3, 0.4) is 0 Å². The molecule has 0 aliphatic carbocycles. The molecular weight excluding hydrogens is 322 g/mol. The number of nitrogens with zero attached hydrogens (tertiary/aromatic N) is 1. The number of para-hydroxylation sites is 1. The lowest BCUT2D eigenvalue weighted by atomic mass is 10.2. The first kappa shape index (κ1) is 16.7. The lowest BCUT2D eigenvalue weighted by molar-refractivity contribution is 0.102. The van der Waals surface area contributed by atoms with Crippen LogP contribution in [0.4, 0.5) is 11.5 Å². The predicted octanol–water partition coefficient (Wildman–Crippen LogP) is 2.23. The van der Waals surface area contributed by atoms with Crippen LogP contribution in [0.5, 0.6) is 0 Å². The van der Waals surface area contributed by atoms with Gasteiger partial charge in [-0.05, 0) is 30.7 Å². The van der Waals surface area contributed by atoms with Gasteiger partial charge < -0.3 is 20.2 Å². The van der Waals surface area contributed by atoms with Gasteiger partial charge >= 0.3 is 5.63 Å². The third-order valence-electron chi connectivity index (χ3n) is 3.55. The number of rotatable bonds is 6. The van der Waals surface area contributed by atoms with Gasteiger partial charge in [0.2, 0.25) is 0 Å². The van der Waals surface area contributed by atoms with E-state index in [1.54, 1.807) is 36.4 Å². The van der Waals surface area contributed by atoms with Crippen LogP contribution in [0, 0.1) is 0 Å². The first-order chi connectivity index (χ1) is 12.2. The maximum absolute atomic E-state index is 12.3. The van der Waals surface area contributed by atoms with Crippen molar-refractivity contribution in [3.8, 4) is 0 Å². The summed E-state index contributed by atoms with van der Waals surface area (Å²) >= 11 is 0. The van der Waals surface area contributed by atoms with Gasteiger partial charge in [-0.25, -0.2) is 9.78 Å². The van der Waals surface area contributed by atoms with Gasteiger partial charge in [0.1, 0.15) is 17.0 Å². The number of aliphatic hydroxyl groups is 1. The van der Waals surface area contributed by atoms with Crippen LogP contribution in [0.2, 0.25) is 0 Å². The summed E-state index contributed by atoms with van der Waals surface area (Å²) in [5, 5.41) is 15.1. The summed E-state index contributed by atoms with van der Waals surface area (Å²) in [6.07, 6.45) is 2.11. The molecule has 7 nitrogen and oxygen atoms in total. The topological polar surface area (TPSA) is 104 Å². The van der Waals surface area contributed by atoms with E-state index in [1.807, 2.05) is 0 Å². The van der Waals surface area contributed by atoms with Gasteiger partial charge in [0.15, 0.2) is 0 Å². The number of benzene rings is 1. The Morgan fingerprint density at radius 2 is 2.04 bits per heavy atom. The summed E-state index contributed by atoms with van der Waals surface area (Å²) in [4.78, 5) is 28.5. The predicted molar refractivity (Wildman–Crippen MR) is 94.9 cm³/mol. The SMILES string of the molecule is O=C(Nc1ccc(NCCCO)nc1)c1cc2ccccc2oc1=O. The van der Waals surface area contributed by atoms with Gasteiger partial charge in [0, 0.05) is 18.5 Å². The fourth-order valence-corrected chi connectivity index (χ4v) is 2.29. The second-order valence-corrected chi connectivity index (χ2v) is 5.38. The van der Waals surface area contributed by atoms with Crippen molar-refractivity contribution in [3.63, 3.8) is 0 Å². The molecule has 1 amide bonds. The Kier molecular flexibility index (Phi) is 5.06. The van der Waals surface area contributed by atoms with Crippen LogP contribution >= 0.6 is 0 Å². The number of fused-ring (bicyclic) bond motifs is 1. The van der Waals surface area contributed by atoms with Crippen molar-refractivity contribution < 1.29 is 14.3 Å². The number of aromatic nitrogens is 1. The molecule has 0 unspecified atom stereocenters. The number of hydrogen-bond donors (Lipinski definition) is 3. The molecule has 0 aliphatic rings. The van der Waals surface area contributed by atoms with Crippen molar-refractivity contribution in [2.45, 2.75) is 6.42 Å². The first-order valence-corrected chi connectivity index (χ1v) is 7.82. The van der Waals surface area contributed by atoms with Gasteiger partial charge in [-0.15, -0.1) is 0 Å². The second kappa shape index (κ2) is 7.59. The third-order valence-corrected chi connectivity index (χ3v) is 3.55. The smallest absolute Gasteiger partial charge is 0.349 e. The molecule has 0 aliphatic heterocycles. The number of amides is 1. The number of nitrogens with one attached hydrogen (secondary N) is 2. The van der Waals surface area contributed by atoms with Crippen LogP contribution in [0.25, 0.3) is 11.0 Å². The Morgan fingerprint density at radius 1 is 1.20 bits per heavy atom. The molecule has 3 rings (SSSR count). The molecule has 0 radical (unpaired) electrons. The molecular formula is C18H17N3O4. The molecule has 0 spiro atoms. The van der Waals surface area contributed by atoms with Gasteiger partial charge in [0.25, 0.3) is 5.91 Å². The summed E-state index contributed by atoms with van der Waals surface area (Å²) in [7, 11) is 0. The summed E-state index contributed by atoms with van der Waals surface area (Å²) in [6.45, 7) is 0.711. The molecule has 7 heteroatoms. The molecule has 2 heterocycles. The quantitative estimate of drug-likeness (QED) is 0.470. The summed E-state index contributed by atoms with van der Waals surface area (Å²) in [5.74, 6) is 0.0824. The van der Waals surface area contributed by atoms with Crippen LogP contribution < -0.4 is 16.3 Å². The average Bonchev–Trinajstić information content (AvgIpc) is 2.62. The summed E-state index contributed by atoms with van der Waals surface area (Å²) < 4.78 is 5.16. The van der Waals surface area contributed by atoms with Crippen LogP contribution in [-0.2, 0) is 0 Å². The van der Waals surface area contributed by atoms with Crippen LogP contribution in [0.15, 0.2) is 57.9 Å². The molecule has 0 fully saturated rings. The lowest BCUT2D eigenvalue weighted by Crippen LogP contribution is -2.20. The Balaban J connectivity index is 1.74. The molecule has 25 heavy (non-hydrogen) atoms. The Bertz CT molecular complexity index is 935. The highest BCUT2D eigenvalue weighted by Gasteiger charge is 2.14. The second-order valence-electron chi connectivity index (χ2n) is 5.38. The molecule has 3 N–H and O–H groups in total. The van der Waals surface area contributed by atoms with Crippen LogP contribution in [-0.4, -0.2) is 29.1 Å². The average molecular weight is 339 g/mol. The highest BCUT2D eigenvalue weighted by Crippen LogP contribution is 2.14. The van der Waals surface area contributed by atoms with E-state index in [0.29, 0.717) is 35.4 Å². The Labute approximate surface area is 143 Å². The number of hydrogen-bond acceptors (Lipinski definition) is 6. The molecule has 3 aromatic rings. The highest BCUT2D eigenvalue weighted by atomic mass is 16.4. The van der Waals surface area contributed by atoms with E-state index in [0.717, 1.165) is 0 Å². The minimum Gasteiger partial charge on any atom is -0.422 e. The van der Waals surface area contributed by atoms with Crippen molar-refractivity contribution >= 4 is 28.4 Å². The number of pyridine rings is 1. The third kappa shape index (κ3) is 4.02. The molecule has 0 saturated carbocycles. The molecule has 1 aromatic carbocycles. The van der Waals surface area contributed by atoms with Gasteiger partial charge in [0.05, 0.1) is 11.9 Å². The Hall–Kier alpha value is -3.19. The van der Waals surface area contributed by atoms with E-state index in [2.05, 4.69) is 15.6 Å². The van der Waals surface area contributed by atoms with Crippen molar-refractivity contribution in [3.05, 3.63) is 64.6 Å². The normalized spacial score (nSPS) is 10.6. The fraction of sp³-hybridized carbons (Fsp3) is 0.167. The molecule has 0 bridgehead atoms. The van der Waals surface area contributed by atoms with Gasteiger partial charge in [-0.2, -0.15) is 0 Å². The molecule has 2 aromatic heterocycles. The zero-order chi connectivity index (χ0) is 17.6. The van der Waals surface area contributed by atoms with Crippen molar-refractivity contribution in [1.29, 1.82) is 0 Å². The van der Waals surface area contributed by atoms with Gasteiger partial charge in [-0.1, -0.05) is 18.2 Å². The summed E-state index contributed by atoms with van der Waals surface area (Å²) in [5.41, 5.74) is 0.143. The highest BCUT2D eigenvalue weighted by molar-refractivity contribution is 6.05. The van der Waals surface area contributed by atoms with Crippen LogP contribution in [0.1, 0.15) is 16.8 Å².